The van der Waals surface area contributed by atoms with Crippen LogP contribution < -0.4 is 14.5 Å². The molecular formula is C25H33BrN2O3. The molecule has 1 N–H and O–H groups in total. The van der Waals surface area contributed by atoms with Crippen molar-refractivity contribution in [1.82, 2.24) is 0 Å². The Kier molecular flexibility index (Phi) is 9.53. The highest BCUT2D eigenvalue weighted by atomic mass is 79.9. The second-order valence-electron chi connectivity index (χ2n) is 7.98. The zero-order chi connectivity index (χ0) is 21.9. The van der Waals surface area contributed by atoms with E-state index in [0.29, 0.717) is 5.56 Å². The van der Waals surface area contributed by atoms with E-state index in [1.807, 2.05) is 12.1 Å². The molecule has 2 aromatic carbocycles. The number of nitrogens with zero attached hydrogens (tertiary/aromatic N) is 2. The minimum absolute atomic E-state index is 0.329. The molecule has 2 aromatic rings. The number of alkyl halides is 1. The normalized spacial score (nSPS) is 14.0. The van der Waals surface area contributed by atoms with E-state index < -0.39 is 5.97 Å². The molecule has 1 saturated heterocycles. The Morgan fingerprint density at radius 3 is 1.77 bits per heavy atom. The molecule has 0 aliphatic carbocycles. The number of carbonyl (C=O) groups is 1. The highest BCUT2D eigenvalue weighted by molar-refractivity contribution is 9.09. The Labute approximate surface area is 194 Å². The molecule has 1 aliphatic rings. The van der Waals surface area contributed by atoms with E-state index in [1.54, 1.807) is 12.1 Å². The van der Waals surface area contributed by atoms with Crippen LogP contribution in [0.15, 0.2) is 48.5 Å². The number of carboxylic acids is 1. The Hall–Kier alpha value is -2.21. The number of anilines is 2. The van der Waals surface area contributed by atoms with Gasteiger partial charge in [0.05, 0.1) is 12.2 Å². The number of hydrogen-bond acceptors (Lipinski definition) is 4. The van der Waals surface area contributed by atoms with Crippen molar-refractivity contribution in [2.75, 3.05) is 47.9 Å². The number of carboxylic acid groups (broad SMARTS) is 1. The van der Waals surface area contributed by atoms with Crippen LogP contribution in [0.1, 0.15) is 48.9 Å². The molecule has 0 spiro atoms. The first kappa shape index (κ1) is 23.5. The fraction of sp³-hybridized carbons (Fsp3) is 0.480. The molecule has 0 radical (unpaired) electrons. The van der Waals surface area contributed by atoms with Gasteiger partial charge < -0.3 is 19.6 Å². The van der Waals surface area contributed by atoms with Crippen LogP contribution in [-0.2, 0) is 0 Å². The number of halogens is 1. The van der Waals surface area contributed by atoms with Crippen molar-refractivity contribution in [2.24, 2.45) is 0 Å². The lowest BCUT2D eigenvalue weighted by atomic mass is 10.1. The standard InChI is InChI=1S/C25H33BrN2O3/c26-15-5-3-1-2-4-6-20-31-24-13-11-23(12-14-24)28-18-16-27(17-19-28)22-9-7-21(8-10-22)25(29)30/h7-14H,1-6,15-20H2,(H,29,30). The Morgan fingerprint density at radius 1 is 0.774 bits per heavy atom. The van der Waals surface area contributed by atoms with E-state index in [0.717, 1.165) is 56.0 Å². The number of aromatic carboxylic acids is 1. The first-order chi connectivity index (χ1) is 15.2. The molecule has 0 saturated carbocycles. The molecule has 0 bridgehead atoms. The molecule has 0 aromatic heterocycles. The van der Waals surface area contributed by atoms with Gasteiger partial charge in [0.15, 0.2) is 0 Å². The Morgan fingerprint density at radius 2 is 1.26 bits per heavy atom. The summed E-state index contributed by atoms with van der Waals surface area (Å²) in [5.74, 6) is 0.0601. The molecule has 0 atom stereocenters. The average molecular weight is 489 g/mol. The third-order valence-electron chi connectivity index (χ3n) is 5.76. The van der Waals surface area contributed by atoms with Crippen molar-refractivity contribution in [3.63, 3.8) is 0 Å². The summed E-state index contributed by atoms with van der Waals surface area (Å²) in [6.07, 6.45) is 7.57. The van der Waals surface area contributed by atoms with Crippen LogP contribution >= 0.6 is 15.9 Å². The van der Waals surface area contributed by atoms with Gasteiger partial charge in [-0.2, -0.15) is 0 Å². The lowest BCUT2D eigenvalue weighted by Crippen LogP contribution is -2.46. The molecular weight excluding hydrogens is 456 g/mol. The fourth-order valence-electron chi connectivity index (χ4n) is 3.88. The first-order valence-electron chi connectivity index (χ1n) is 11.3. The number of rotatable bonds is 12. The van der Waals surface area contributed by atoms with Gasteiger partial charge >= 0.3 is 5.97 Å². The van der Waals surface area contributed by atoms with Gasteiger partial charge in [0.25, 0.3) is 0 Å². The number of piperazine rings is 1. The highest BCUT2D eigenvalue weighted by Gasteiger charge is 2.18. The maximum Gasteiger partial charge on any atom is 0.335 e. The van der Waals surface area contributed by atoms with Gasteiger partial charge in [-0.05, 0) is 61.4 Å². The largest absolute Gasteiger partial charge is 0.494 e. The fourth-order valence-corrected chi connectivity index (χ4v) is 4.28. The summed E-state index contributed by atoms with van der Waals surface area (Å²) in [6, 6.07) is 15.6. The van der Waals surface area contributed by atoms with Crippen LogP contribution in [0, 0.1) is 0 Å². The van der Waals surface area contributed by atoms with Gasteiger partial charge in [0.1, 0.15) is 5.75 Å². The second kappa shape index (κ2) is 12.6. The molecule has 1 fully saturated rings. The van der Waals surface area contributed by atoms with Gasteiger partial charge in [-0.3, -0.25) is 0 Å². The van der Waals surface area contributed by atoms with Crippen molar-refractivity contribution in [2.45, 2.75) is 38.5 Å². The SMILES string of the molecule is O=C(O)c1ccc(N2CCN(c3ccc(OCCCCCCCCBr)cc3)CC2)cc1. The van der Waals surface area contributed by atoms with Crippen molar-refractivity contribution < 1.29 is 14.6 Å². The highest BCUT2D eigenvalue weighted by Crippen LogP contribution is 2.23. The lowest BCUT2D eigenvalue weighted by molar-refractivity contribution is 0.0697. The van der Waals surface area contributed by atoms with E-state index >= 15 is 0 Å². The van der Waals surface area contributed by atoms with Gasteiger partial charge in [-0.25, -0.2) is 4.79 Å². The van der Waals surface area contributed by atoms with Crippen molar-refractivity contribution in [3.05, 3.63) is 54.1 Å². The van der Waals surface area contributed by atoms with Crippen LogP contribution in [-0.4, -0.2) is 49.2 Å². The summed E-state index contributed by atoms with van der Waals surface area (Å²) in [7, 11) is 0. The van der Waals surface area contributed by atoms with Gasteiger partial charge in [-0.15, -0.1) is 0 Å². The van der Waals surface area contributed by atoms with Crippen LogP contribution in [0.5, 0.6) is 5.75 Å². The van der Waals surface area contributed by atoms with E-state index in [1.165, 1.54) is 37.8 Å². The van der Waals surface area contributed by atoms with Crippen LogP contribution in [0.2, 0.25) is 0 Å². The zero-order valence-electron chi connectivity index (χ0n) is 18.1. The van der Waals surface area contributed by atoms with Crippen LogP contribution in [0.4, 0.5) is 11.4 Å². The predicted octanol–water partition coefficient (Wildman–Crippen LogP) is 5.83. The second-order valence-corrected chi connectivity index (χ2v) is 8.77. The zero-order valence-corrected chi connectivity index (χ0v) is 19.7. The Bertz CT molecular complexity index is 787. The molecule has 168 valence electrons. The molecule has 1 heterocycles. The van der Waals surface area contributed by atoms with E-state index in [2.05, 4.69) is 50.0 Å². The third kappa shape index (κ3) is 7.46. The van der Waals surface area contributed by atoms with Crippen molar-refractivity contribution in [3.8, 4) is 5.75 Å². The quantitative estimate of drug-likeness (QED) is 0.301. The number of unbranched alkanes of at least 4 members (excludes halogenated alkanes) is 5. The maximum absolute atomic E-state index is 11.0. The summed E-state index contributed by atoms with van der Waals surface area (Å²) in [4.78, 5) is 15.7. The lowest BCUT2D eigenvalue weighted by Gasteiger charge is -2.37. The Balaban J connectivity index is 1.37. The number of ether oxygens (including phenoxy) is 1. The van der Waals surface area contributed by atoms with E-state index in [4.69, 9.17) is 9.84 Å². The van der Waals surface area contributed by atoms with Gasteiger partial charge in [0.2, 0.25) is 0 Å². The average Bonchev–Trinajstić information content (AvgIpc) is 2.81. The van der Waals surface area contributed by atoms with Crippen LogP contribution in [0.3, 0.4) is 0 Å². The monoisotopic (exact) mass is 488 g/mol. The van der Waals surface area contributed by atoms with Crippen molar-refractivity contribution in [1.29, 1.82) is 0 Å². The minimum atomic E-state index is -0.885. The van der Waals surface area contributed by atoms with Crippen molar-refractivity contribution >= 4 is 33.3 Å². The van der Waals surface area contributed by atoms with E-state index in [-0.39, 0.29) is 0 Å². The summed E-state index contributed by atoms with van der Waals surface area (Å²) < 4.78 is 5.90. The molecule has 5 nitrogen and oxygen atoms in total. The molecule has 1 aliphatic heterocycles. The first-order valence-corrected chi connectivity index (χ1v) is 12.4. The van der Waals surface area contributed by atoms with E-state index in [9.17, 15) is 4.79 Å². The molecule has 31 heavy (non-hydrogen) atoms. The molecule has 0 amide bonds. The third-order valence-corrected chi connectivity index (χ3v) is 6.32. The maximum atomic E-state index is 11.0. The molecule has 0 unspecified atom stereocenters. The predicted molar refractivity (Wildman–Crippen MR) is 131 cm³/mol. The summed E-state index contributed by atoms with van der Waals surface area (Å²) >= 11 is 3.48. The number of benzene rings is 2. The number of hydrogen-bond donors (Lipinski definition) is 1. The molecule has 6 heteroatoms. The van der Waals surface area contributed by atoms with Crippen LogP contribution in [0.25, 0.3) is 0 Å². The summed E-state index contributed by atoms with van der Waals surface area (Å²) in [5, 5.41) is 10.2. The van der Waals surface area contributed by atoms with Gasteiger partial charge in [-0.1, -0.05) is 41.6 Å². The summed E-state index contributed by atoms with van der Waals surface area (Å²) in [5.41, 5.74) is 2.63. The molecule has 3 rings (SSSR count). The smallest absolute Gasteiger partial charge is 0.335 e. The van der Waals surface area contributed by atoms with Gasteiger partial charge in [0, 0.05) is 42.9 Å². The minimum Gasteiger partial charge on any atom is -0.494 e. The summed E-state index contributed by atoms with van der Waals surface area (Å²) in [6.45, 7) is 4.50. The topological polar surface area (TPSA) is 53.0 Å².